The van der Waals surface area contributed by atoms with Crippen molar-refractivity contribution in [3.8, 4) is 23.0 Å². The van der Waals surface area contributed by atoms with E-state index in [-0.39, 0.29) is 26.4 Å². The summed E-state index contributed by atoms with van der Waals surface area (Å²) in [4.78, 5) is 24.8. The molecule has 174 valence electrons. The number of carbonyl (C=O) groups excluding carboxylic acids is 2. The minimum atomic E-state index is -0.832. The summed E-state index contributed by atoms with van der Waals surface area (Å²) in [5, 5.41) is 0. The largest absolute Gasteiger partial charge is 0.485 e. The molecule has 0 saturated carbocycles. The maximum atomic E-state index is 12.4. The topological polar surface area (TPSA) is 89.5 Å². The number of esters is 2. The Balaban J connectivity index is 1.11. The van der Waals surface area contributed by atoms with Gasteiger partial charge in [0.1, 0.15) is 26.4 Å². The zero-order valence-electron chi connectivity index (χ0n) is 18.2. The molecule has 2 aliphatic heterocycles. The van der Waals surface area contributed by atoms with Gasteiger partial charge < -0.3 is 28.4 Å². The lowest BCUT2D eigenvalue weighted by molar-refractivity contribution is -0.156. The van der Waals surface area contributed by atoms with Gasteiger partial charge in [0.05, 0.1) is 0 Å². The highest BCUT2D eigenvalue weighted by molar-refractivity contribution is 5.76. The number of hydrogen-bond donors (Lipinski definition) is 0. The van der Waals surface area contributed by atoms with E-state index in [0.717, 1.165) is 11.1 Å². The predicted molar refractivity (Wildman–Crippen MR) is 119 cm³/mol. The van der Waals surface area contributed by atoms with E-state index in [1.807, 2.05) is 30.3 Å². The van der Waals surface area contributed by atoms with Crippen LogP contribution >= 0.6 is 0 Å². The van der Waals surface area contributed by atoms with Crippen LogP contribution in [0.25, 0.3) is 0 Å². The summed E-state index contributed by atoms with van der Waals surface area (Å²) in [7, 11) is 0. The van der Waals surface area contributed by atoms with Gasteiger partial charge in [-0.3, -0.25) is 0 Å². The van der Waals surface area contributed by atoms with Crippen molar-refractivity contribution in [1.82, 2.24) is 0 Å². The molecule has 3 aromatic carbocycles. The molecule has 0 fully saturated rings. The number of ether oxygens (including phenoxy) is 6. The Morgan fingerprint density at radius 3 is 1.56 bits per heavy atom. The molecular weight excluding hydrogens is 440 g/mol. The van der Waals surface area contributed by atoms with Gasteiger partial charge in [-0.25, -0.2) is 9.59 Å². The summed E-state index contributed by atoms with van der Waals surface area (Å²) >= 11 is 0. The molecule has 3 aromatic rings. The number of para-hydroxylation sites is 4. The molecule has 8 nitrogen and oxygen atoms in total. The van der Waals surface area contributed by atoms with Gasteiger partial charge in [0.2, 0.25) is 12.2 Å². The van der Waals surface area contributed by atoms with Gasteiger partial charge in [0.15, 0.2) is 23.0 Å². The third-order valence-electron chi connectivity index (χ3n) is 5.30. The van der Waals surface area contributed by atoms with Crippen LogP contribution in [0.3, 0.4) is 0 Å². The molecule has 34 heavy (non-hydrogen) atoms. The van der Waals surface area contributed by atoms with E-state index < -0.39 is 24.1 Å². The fraction of sp³-hybridized carbons (Fsp3) is 0.231. The van der Waals surface area contributed by atoms with Gasteiger partial charge in [-0.2, -0.15) is 0 Å². The molecule has 0 saturated heterocycles. The molecule has 0 bridgehead atoms. The summed E-state index contributed by atoms with van der Waals surface area (Å²) in [6, 6.07) is 21.6. The van der Waals surface area contributed by atoms with Crippen LogP contribution in [0.5, 0.6) is 23.0 Å². The average Bonchev–Trinajstić information content (AvgIpc) is 2.90. The van der Waals surface area contributed by atoms with Crippen molar-refractivity contribution in [1.29, 1.82) is 0 Å². The number of fused-ring (bicyclic) bond motifs is 2. The lowest BCUT2D eigenvalue weighted by Gasteiger charge is -2.25. The molecule has 5 rings (SSSR count). The Bertz CT molecular complexity index is 1100. The average molecular weight is 462 g/mol. The van der Waals surface area contributed by atoms with Crippen LogP contribution in [0, 0.1) is 0 Å². The first-order valence-corrected chi connectivity index (χ1v) is 10.8. The fourth-order valence-electron chi connectivity index (χ4n) is 3.58. The molecule has 2 heterocycles. The first-order chi connectivity index (χ1) is 16.7. The van der Waals surface area contributed by atoms with E-state index in [2.05, 4.69) is 0 Å². The molecule has 8 heteroatoms. The second-order valence-corrected chi connectivity index (χ2v) is 7.76. The van der Waals surface area contributed by atoms with Crippen LogP contribution in [-0.2, 0) is 32.3 Å². The van der Waals surface area contributed by atoms with Gasteiger partial charge in [0.25, 0.3) is 0 Å². The standard InChI is InChI=1S/C26H22O8/c27-25(23-15-29-19-8-1-3-10-21(19)33-23)31-13-17-6-5-7-18(12-17)14-32-26(28)24-16-30-20-9-2-4-11-22(20)34-24/h1-12,23-24H,13-16H2/t23-,24-/m1/s1. The monoisotopic (exact) mass is 462 g/mol. The second-order valence-electron chi connectivity index (χ2n) is 7.76. The van der Waals surface area contributed by atoms with Crippen LogP contribution in [-0.4, -0.2) is 37.4 Å². The Morgan fingerprint density at radius 1 is 0.647 bits per heavy atom. The summed E-state index contributed by atoms with van der Waals surface area (Å²) in [5.74, 6) is 1.19. The molecule has 0 aromatic heterocycles. The van der Waals surface area contributed by atoms with Crippen LogP contribution in [0.15, 0.2) is 72.8 Å². The predicted octanol–water partition coefficient (Wildman–Crippen LogP) is 3.45. The number of carbonyl (C=O) groups is 2. The van der Waals surface area contributed by atoms with Crippen LogP contribution in [0.4, 0.5) is 0 Å². The van der Waals surface area contributed by atoms with Gasteiger partial charge in [-0.05, 0) is 41.5 Å². The van der Waals surface area contributed by atoms with Crippen LogP contribution in [0.2, 0.25) is 0 Å². The molecule has 0 amide bonds. The second kappa shape index (κ2) is 9.74. The summed E-state index contributed by atoms with van der Waals surface area (Å²) in [5.41, 5.74) is 1.51. The number of rotatable bonds is 6. The summed E-state index contributed by atoms with van der Waals surface area (Å²) in [6.07, 6.45) is -1.66. The summed E-state index contributed by atoms with van der Waals surface area (Å²) < 4.78 is 33.3. The van der Waals surface area contributed by atoms with Crippen molar-refractivity contribution >= 4 is 11.9 Å². The quantitative estimate of drug-likeness (QED) is 0.515. The molecule has 0 aliphatic carbocycles. The Hall–Kier alpha value is -4.20. The lowest BCUT2D eigenvalue weighted by atomic mass is 10.1. The van der Waals surface area contributed by atoms with Crippen molar-refractivity contribution in [2.45, 2.75) is 25.4 Å². The van der Waals surface area contributed by atoms with E-state index >= 15 is 0 Å². The zero-order chi connectivity index (χ0) is 23.3. The summed E-state index contributed by atoms with van der Waals surface area (Å²) in [6.45, 7) is 0.281. The molecule has 0 N–H and O–H groups in total. The highest BCUT2D eigenvalue weighted by Gasteiger charge is 2.29. The van der Waals surface area contributed by atoms with Crippen molar-refractivity contribution in [2.75, 3.05) is 13.2 Å². The third kappa shape index (κ3) is 4.91. The van der Waals surface area contributed by atoms with E-state index in [9.17, 15) is 9.59 Å². The third-order valence-corrected chi connectivity index (χ3v) is 5.30. The van der Waals surface area contributed by atoms with Gasteiger partial charge in [-0.15, -0.1) is 0 Å². The van der Waals surface area contributed by atoms with Crippen molar-refractivity contribution in [2.24, 2.45) is 0 Å². The normalized spacial score (nSPS) is 18.0. The Labute approximate surface area is 195 Å². The highest BCUT2D eigenvalue weighted by atomic mass is 16.6. The first-order valence-electron chi connectivity index (χ1n) is 10.8. The first kappa shape index (κ1) is 21.6. The molecule has 0 spiro atoms. The van der Waals surface area contributed by atoms with Gasteiger partial charge in [0, 0.05) is 0 Å². The lowest BCUT2D eigenvalue weighted by Crippen LogP contribution is -2.37. The smallest absolute Gasteiger partial charge is 0.351 e. The maximum Gasteiger partial charge on any atom is 0.351 e. The van der Waals surface area contributed by atoms with E-state index in [4.69, 9.17) is 28.4 Å². The van der Waals surface area contributed by atoms with Crippen molar-refractivity contribution in [3.05, 3.63) is 83.9 Å². The minimum absolute atomic E-state index is 0.0541. The van der Waals surface area contributed by atoms with E-state index in [1.54, 1.807) is 42.5 Å². The highest BCUT2D eigenvalue weighted by Crippen LogP contribution is 2.32. The Kier molecular flexibility index (Phi) is 6.20. The van der Waals surface area contributed by atoms with E-state index in [1.165, 1.54) is 0 Å². The maximum absolute atomic E-state index is 12.4. The molecule has 0 unspecified atom stereocenters. The van der Waals surface area contributed by atoms with Crippen molar-refractivity contribution in [3.63, 3.8) is 0 Å². The molecular formula is C26H22O8. The number of hydrogen-bond acceptors (Lipinski definition) is 8. The number of benzene rings is 3. The molecule has 2 atom stereocenters. The van der Waals surface area contributed by atoms with Crippen LogP contribution < -0.4 is 18.9 Å². The fourth-order valence-corrected chi connectivity index (χ4v) is 3.58. The van der Waals surface area contributed by atoms with Gasteiger partial charge >= 0.3 is 11.9 Å². The van der Waals surface area contributed by atoms with Crippen molar-refractivity contribution < 1.29 is 38.0 Å². The SMILES string of the molecule is O=C(OCc1cccc(COC(=O)[C@H]2COc3ccccc3O2)c1)[C@H]1COc2ccccc2O1. The molecule has 0 radical (unpaired) electrons. The Morgan fingerprint density at radius 2 is 1.09 bits per heavy atom. The van der Waals surface area contributed by atoms with Crippen LogP contribution in [0.1, 0.15) is 11.1 Å². The van der Waals surface area contributed by atoms with Gasteiger partial charge in [-0.1, -0.05) is 42.5 Å². The minimum Gasteiger partial charge on any atom is -0.485 e. The molecule has 2 aliphatic rings. The zero-order valence-corrected chi connectivity index (χ0v) is 18.2. The van der Waals surface area contributed by atoms with E-state index in [0.29, 0.717) is 23.0 Å².